The minimum absolute atomic E-state index is 0.0337. The van der Waals surface area contributed by atoms with Crippen molar-refractivity contribution in [2.75, 3.05) is 39.3 Å². The number of amides is 1. The van der Waals surface area contributed by atoms with Gasteiger partial charge < -0.3 is 28.8 Å². The summed E-state index contributed by atoms with van der Waals surface area (Å²) in [4.78, 5) is 27.5. The second-order valence-electron chi connectivity index (χ2n) is 8.08. The largest absolute Gasteiger partial charge is 0.493 e. The first-order chi connectivity index (χ1) is 16.4. The molecule has 1 aromatic heterocycles. The Labute approximate surface area is 198 Å². The Bertz CT molecular complexity index is 1160. The fourth-order valence-electron chi connectivity index (χ4n) is 4.34. The molecule has 1 aliphatic rings. The monoisotopic (exact) mass is 464 g/mol. The molecule has 3 aromatic rings. The zero-order valence-corrected chi connectivity index (χ0v) is 19.7. The molecular formula is C26H28N2O6. The highest BCUT2D eigenvalue weighted by molar-refractivity contribution is 6.13. The van der Waals surface area contributed by atoms with Crippen molar-refractivity contribution < 1.29 is 28.2 Å². The summed E-state index contributed by atoms with van der Waals surface area (Å²) in [5, 5.41) is 2.97. The van der Waals surface area contributed by atoms with Gasteiger partial charge in [-0.05, 0) is 48.9 Å². The molecule has 2 heterocycles. The molecule has 0 radical (unpaired) electrons. The molecule has 1 N–H and O–H groups in total. The van der Waals surface area contributed by atoms with E-state index in [0.717, 1.165) is 24.2 Å². The number of furan rings is 1. The predicted octanol–water partition coefficient (Wildman–Crippen LogP) is 3.92. The highest BCUT2D eigenvalue weighted by Gasteiger charge is 2.28. The van der Waals surface area contributed by atoms with Crippen molar-refractivity contribution in [1.29, 1.82) is 0 Å². The van der Waals surface area contributed by atoms with Crippen molar-refractivity contribution in [3.05, 3.63) is 59.9 Å². The van der Waals surface area contributed by atoms with Gasteiger partial charge in [0, 0.05) is 48.4 Å². The molecule has 8 nitrogen and oxygen atoms in total. The number of nitrogens with one attached hydrogen (secondary N) is 1. The van der Waals surface area contributed by atoms with Gasteiger partial charge in [-0.25, -0.2) is 0 Å². The summed E-state index contributed by atoms with van der Waals surface area (Å²) in [6.45, 7) is 2.86. The summed E-state index contributed by atoms with van der Waals surface area (Å²) in [7, 11) is 4.55. The van der Waals surface area contributed by atoms with Crippen LogP contribution in [0.25, 0.3) is 11.3 Å². The number of anilines is 1. The summed E-state index contributed by atoms with van der Waals surface area (Å²) in [6.07, 6.45) is 2.40. The summed E-state index contributed by atoms with van der Waals surface area (Å²) in [6, 6.07) is 12.7. The van der Waals surface area contributed by atoms with E-state index in [0.29, 0.717) is 40.7 Å². The van der Waals surface area contributed by atoms with Crippen LogP contribution in [0.4, 0.5) is 5.69 Å². The van der Waals surface area contributed by atoms with Crippen LogP contribution in [0.1, 0.15) is 29.3 Å². The van der Waals surface area contributed by atoms with Gasteiger partial charge in [0.2, 0.25) is 11.7 Å². The van der Waals surface area contributed by atoms with Crippen LogP contribution in [0.2, 0.25) is 0 Å². The Morgan fingerprint density at radius 2 is 1.76 bits per heavy atom. The summed E-state index contributed by atoms with van der Waals surface area (Å²) >= 11 is 0. The van der Waals surface area contributed by atoms with Gasteiger partial charge in [-0.2, -0.15) is 0 Å². The van der Waals surface area contributed by atoms with E-state index >= 15 is 0 Å². The van der Waals surface area contributed by atoms with Crippen LogP contribution < -0.4 is 24.4 Å². The Balaban J connectivity index is 1.78. The van der Waals surface area contributed by atoms with Crippen LogP contribution in [0, 0.1) is 0 Å². The van der Waals surface area contributed by atoms with E-state index in [1.165, 1.54) is 28.3 Å². The normalized spacial score (nSPS) is 15.2. The second kappa shape index (κ2) is 9.91. The average molecular weight is 465 g/mol. The van der Waals surface area contributed by atoms with Crippen molar-refractivity contribution in [2.45, 2.75) is 19.4 Å². The highest BCUT2D eigenvalue weighted by atomic mass is 16.5. The molecule has 0 bridgehead atoms. The predicted molar refractivity (Wildman–Crippen MR) is 128 cm³/mol. The fourth-order valence-corrected chi connectivity index (χ4v) is 4.34. The number of hydrogen-bond acceptors (Lipinski definition) is 7. The Morgan fingerprint density at radius 1 is 1.03 bits per heavy atom. The van der Waals surface area contributed by atoms with E-state index in [2.05, 4.69) is 10.2 Å². The molecule has 8 heteroatoms. The minimum atomic E-state index is -0.189. The van der Waals surface area contributed by atoms with Crippen LogP contribution in [-0.4, -0.2) is 52.2 Å². The van der Waals surface area contributed by atoms with E-state index in [1.54, 1.807) is 18.4 Å². The van der Waals surface area contributed by atoms with Gasteiger partial charge in [-0.3, -0.25) is 9.59 Å². The van der Waals surface area contributed by atoms with E-state index in [-0.39, 0.29) is 17.7 Å². The third-order valence-corrected chi connectivity index (χ3v) is 5.91. The molecule has 1 saturated heterocycles. The number of nitrogens with zero attached hydrogens (tertiary/aromatic N) is 1. The van der Waals surface area contributed by atoms with Crippen molar-refractivity contribution >= 4 is 17.4 Å². The molecule has 1 aliphatic heterocycles. The average Bonchev–Trinajstić information content (AvgIpc) is 3.54. The Kier molecular flexibility index (Phi) is 6.77. The molecule has 34 heavy (non-hydrogen) atoms. The lowest BCUT2D eigenvalue weighted by Crippen LogP contribution is -2.35. The highest BCUT2D eigenvalue weighted by Crippen LogP contribution is 2.40. The van der Waals surface area contributed by atoms with Crippen LogP contribution in [0.5, 0.6) is 17.2 Å². The molecule has 2 aromatic carbocycles. The first-order valence-electron chi connectivity index (χ1n) is 11.0. The summed E-state index contributed by atoms with van der Waals surface area (Å²) in [5.41, 5.74) is 2.51. The molecule has 1 unspecified atom stereocenters. The number of methoxy groups -OCH3 is 3. The van der Waals surface area contributed by atoms with Gasteiger partial charge in [-0.15, -0.1) is 0 Å². The van der Waals surface area contributed by atoms with E-state index < -0.39 is 0 Å². The Hall–Kier alpha value is -3.94. The third-order valence-electron chi connectivity index (χ3n) is 5.91. The number of rotatable bonds is 8. The van der Waals surface area contributed by atoms with Gasteiger partial charge in [0.05, 0.1) is 27.6 Å². The number of carbonyl (C=O) groups excluding carboxylic acids is 2. The molecule has 4 rings (SSSR count). The summed E-state index contributed by atoms with van der Waals surface area (Å²) in [5.74, 6) is 1.65. The molecule has 0 spiro atoms. The quantitative estimate of drug-likeness (QED) is 0.506. The van der Waals surface area contributed by atoms with Crippen LogP contribution >= 0.6 is 0 Å². The minimum Gasteiger partial charge on any atom is -0.493 e. The molecule has 1 atom stereocenters. The maximum absolute atomic E-state index is 13.9. The van der Waals surface area contributed by atoms with Crippen molar-refractivity contribution in [1.82, 2.24) is 5.32 Å². The lowest BCUT2D eigenvalue weighted by atomic mass is 9.97. The number of hydrogen-bond donors (Lipinski definition) is 1. The first kappa shape index (κ1) is 23.2. The molecule has 1 amide bonds. The van der Waals surface area contributed by atoms with Crippen molar-refractivity contribution in [3.8, 4) is 28.6 Å². The third kappa shape index (κ3) is 4.57. The molecular weight excluding hydrogens is 436 g/mol. The zero-order chi connectivity index (χ0) is 24.2. The lowest BCUT2D eigenvalue weighted by Gasteiger charge is -2.23. The van der Waals surface area contributed by atoms with Gasteiger partial charge in [0.15, 0.2) is 17.3 Å². The van der Waals surface area contributed by atoms with E-state index in [1.807, 2.05) is 30.3 Å². The van der Waals surface area contributed by atoms with Gasteiger partial charge in [0.25, 0.3) is 0 Å². The van der Waals surface area contributed by atoms with Gasteiger partial charge in [0.1, 0.15) is 5.76 Å². The Morgan fingerprint density at radius 3 is 2.35 bits per heavy atom. The van der Waals surface area contributed by atoms with E-state index in [9.17, 15) is 9.59 Å². The lowest BCUT2D eigenvalue weighted by molar-refractivity contribution is -0.119. The van der Waals surface area contributed by atoms with Crippen LogP contribution in [0.15, 0.2) is 53.1 Å². The van der Waals surface area contributed by atoms with E-state index in [4.69, 9.17) is 18.6 Å². The number of ketones is 1. The zero-order valence-electron chi connectivity index (χ0n) is 19.7. The smallest absolute Gasteiger partial charge is 0.217 e. The molecule has 1 fully saturated rings. The van der Waals surface area contributed by atoms with Crippen molar-refractivity contribution in [3.63, 3.8) is 0 Å². The van der Waals surface area contributed by atoms with Crippen LogP contribution in [0.3, 0.4) is 0 Å². The fraction of sp³-hybridized carbons (Fsp3) is 0.308. The number of ether oxygens (including phenoxy) is 3. The number of carbonyl (C=O) groups is 2. The molecule has 178 valence electrons. The first-order valence-corrected chi connectivity index (χ1v) is 11.0. The SMILES string of the molecule is COc1cc(C(=O)c2cc(-c3ccco3)ccc2N2CCC(NC(C)=O)C2)cc(OC)c1OC. The second-order valence-corrected chi connectivity index (χ2v) is 8.08. The van der Waals surface area contributed by atoms with Crippen molar-refractivity contribution in [2.24, 2.45) is 0 Å². The molecule has 0 saturated carbocycles. The summed E-state index contributed by atoms with van der Waals surface area (Å²) < 4.78 is 21.9. The number of benzene rings is 2. The standard InChI is InChI=1S/C26H28N2O6/c1-16(29)27-19-9-10-28(15-19)21-8-7-17(22-6-5-11-34-22)12-20(21)25(30)18-13-23(31-2)26(33-4)24(14-18)32-3/h5-8,11-14,19H,9-10,15H2,1-4H3,(H,27,29). The topological polar surface area (TPSA) is 90.2 Å². The van der Waals surface area contributed by atoms with Gasteiger partial charge >= 0.3 is 0 Å². The van der Waals surface area contributed by atoms with Crippen LogP contribution in [-0.2, 0) is 4.79 Å². The maximum atomic E-state index is 13.9. The molecule has 0 aliphatic carbocycles. The van der Waals surface area contributed by atoms with Gasteiger partial charge in [-0.1, -0.05) is 0 Å². The maximum Gasteiger partial charge on any atom is 0.217 e.